The summed E-state index contributed by atoms with van der Waals surface area (Å²) in [7, 11) is 0. The Morgan fingerprint density at radius 3 is 2.69 bits per heavy atom. The summed E-state index contributed by atoms with van der Waals surface area (Å²) in [5.41, 5.74) is 0.630. The van der Waals surface area contributed by atoms with Gasteiger partial charge in [0.15, 0.2) is 0 Å². The van der Waals surface area contributed by atoms with Crippen LogP contribution >= 0.6 is 0 Å². The van der Waals surface area contributed by atoms with Crippen molar-refractivity contribution in [2.24, 2.45) is 10.4 Å². The molecule has 74 valence electrons. The second-order valence-electron chi connectivity index (χ2n) is 4.49. The molecule has 13 heavy (non-hydrogen) atoms. The maximum absolute atomic E-state index is 4.44. The van der Waals surface area contributed by atoms with E-state index in [4.69, 9.17) is 0 Å². The molecule has 1 N–H and O–H groups in total. The summed E-state index contributed by atoms with van der Waals surface area (Å²) in [6.07, 6.45) is 8.03. The van der Waals surface area contributed by atoms with Crippen LogP contribution in [0.5, 0.6) is 0 Å². The number of aliphatic imine (C=N–C) groups is 1. The molecule has 1 heterocycles. The molecule has 0 aromatic carbocycles. The summed E-state index contributed by atoms with van der Waals surface area (Å²) >= 11 is 0. The van der Waals surface area contributed by atoms with Gasteiger partial charge in [-0.15, -0.1) is 0 Å². The Balaban J connectivity index is 1.77. The summed E-state index contributed by atoms with van der Waals surface area (Å²) < 4.78 is 0. The second-order valence-corrected chi connectivity index (χ2v) is 4.49. The van der Waals surface area contributed by atoms with Gasteiger partial charge in [0, 0.05) is 19.5 Å². The first kappa shape index (κ1) is 9.04. The van der Waals surface area contributed by atoms with Gasteiger partial charge in [-0.2, -0.15) is 0 Å². The molecule has 0 spiro atoms. The fourth-order valence-corrected chi connectivity index (χ4v) is 2.31. The molecule has 0 aromatic heterocycles. The molecule has 0 radical (unpaired) electrons. The van der Waals surface area contributed by atoms with E-state index in [9.17, 15) is 0 Å². The molecule has 0 atom stereocenters. The van der Waals surface area contributed by atoms with Crippen molar-refractivity contribution >= 4 is 5.84 Å². The first-order valence-corrected chi connectivity index (χ1v) is 5.62. The summed E-state index contributed by atoms with van der Waals surface area (Å²) in [5, 5.41) is 3.53. The highest BCUT2D eigenvalue weighted by Crippen LogP contribution is 2.43. The molecule has 1 aliphatic heterocycles. The van der Waals surface area contributed by atoms with Crippen molar-refractivity contribution in [3.8, 4) is 0 Å². The van der Waals surface area contributed by atoms with E-state index < -0.39 is 0 Å². The zero-order valence-electron chi connectivity index (χ0n) is 8.60. The maximum Gasteiger partial charge on any atom is 0.0963 e. The van der Waals surface area contributed by atoms with Gasteiger partial charge in [0.2, 0.25) is 0 Å². The molecule has 0 amide bonds. The number of nitrogens with zero attached hydrogens (tertiary/aromatic N) is 1. The van der Waals surface area contributed by atoms with Crippen LogP contribution in [0.25, 0.3) is 0 Å². The topological polar surface area (TPSA) is 24.4 Å². The van der Waals surface area contributed by atoms with Gasteiger partial charge in [-0.1, -0.05) is 13.3 Å². The van der Waals surface area contributed by atoms with Crippen LogP contribution in [0.1, 0.15) is 45.4 Å². The quantitative estimate of drug-likeness (QED) is 0.708. The van der Waals surface area contributed by atoms with Crippen molar-refractivity contribution in [2.45, 2.75) is 45.4 Å². The van der Waals surface area contributed by atoms with E-state index in [-0.39, 0.29) is 0 Å². The lowest BCUT2D eigenvalue weighted by Gasteiger charge is -2.41. The van der Waals surface area contributed by atoms with Crippen LogP contribution in [0.4, 0.5) is 0 Å². The Labute approximate surface area is 80.8 Å². The number of hydrogen-bond donors (Lipinski definition) is 1. The van der Waals surface area contributed by atoms with Crippen molar-refractivity contribution in [2.75, 3.05) is 13.1 Å². The van der Waals surface area contributed by atoms with Gasteiger partial charge in [0.1, 0.15) is 0 Å². The van der Waals surface area contributed by atoms with E-state index in [1.165, 1.54) is 50.9 Å². The van der Waals surface area contributed by atoms with Crippen molar-refractivity contribution in [1.82, 2.24) is 5.32 Å². The monoisotopic (exact) mass is 180 g/mol. The smallest absolute Gasteiger partial charge is 0.0963 e. The minimum atomic E-state index is 0.630. The molecule has 2 heteroatoms. The minimum absolute atomic E-state index is 0.630. The molecule has 1 aliphatic carbocycles. The first-order valence-electron chi connectivity index (χ1n) is 5.62. The number of rotatable bonds is 3. The predicted molar refractivity (Wildman–Crippen MR) is 56.1 cm³/mol. The molecule has 1 saturated carbocycles. The Hall–Kier alpha value is -0.530. The fourth-order valence-electron chi connectivity index (χ4n) is 2.31. The van der Waals surface area contributed by atoms with Crippen LogP contribution in [0.3, 0.4) is 0 Å². The average molecular weight is 180 g/mol. The summed E-state index contributed by atoms with van der Waals surface area (Å²) in [6, 6.07) is 0. The highest BCUT2D eigenvalue weighted by molar-refractivity contribution is 5.83. The molecule has 1 fully saturated rings. The zero-order valence-corrected chi connectivity index (χ0v) is 8.60. The largest absolute Gasteiger partial charge is 0.373 e. The summed E-state index contributed by atoms with van der Waals surface area (Å²) in [6.45, 7) is 4.53. The van der Waals surface area contributed by atoms with Crippen molar-refractivity contribution in [3.63, 3.8) is 0 Å². The van der Waals surface area contributed by atoms with Gasteiger partial charge in [-0.25, -0.2) is 0 Å². The van der Waals surface area contributed by atoms with Crippen molar-refractivity contribution in [3.05, 3.63) is 0 Å². The maximum atomic E-state index is 4.44. The number of hydrogen-bond acceptors (Lipinski definition) is 2. The van der Waals surface area contributed by atoms with E-state index in [1.54, 1.807) is 0 Å². The third kappa shape index (κ3) is 1.87. The minimum Gasteiger partial charge on any atom is -0.373 e. The van der Waals surface area contributed by atoms with E-state index in [2.05, 4.69) is 17.2 Å². The van der Waals surface area contributed by atoms with Gasteiger partial charge in [-0.3, -0.25) is 4.99 Å². The molecule has 2 rings (SSSR count). The Morgan fingerprint density at radius 2 is 2.23 bits per heavy atom. The third-order valence-electron chi connectivity index (χ3n) is 3.71. The number of nitrogens with one attached hydrogen (secondary N) is 1. The standard InChI is InChI=1S/C11H20N2/c1-2-11(6-4-7-11)9-13-10-5-3-8-12-10/h2-9H2,1H3,(H,12,13). The summed E-state index contributed by atoms with van der Waals surface area (Å²) in [5.74, 6) is 1.26. The Kier molecular flexibility index (Phi) is 2.56. The SMILES string of the molecule is CCC1(CNC2=NCCC2)CCC1. The molecule has 2 nitrogen and oxygen atoms in total. The summed E-state index contributed by atoms with van der Waals surface area (Å²) in [4.78, 5) is 4.44. The van der Waals surface area contributed by atoms with Crippen LogP contribution < -0.4 is 5.32 Å². The normalized spacial score (nSPS) is 25.2. The fraction of sp³-hybridized carbons (Fsp3) is 0.909. The van der Waals surface area contributed by atoms with Crippen LogP contribution in [0, 0.1) is 5.41 Å². The molecule has 0 bridgehead atoms. The first-order chi connectivity index (χ1) is 6.35. The van der Waals surface area contributed by atoms with Gasteiger partial charge >= 0.3 is 0 Å². The van der Waals surface area contributed by atoms with Crippen LogP contribution in [0.15, 0.2) is 4.99 Å². The second kappa shape index (κ2) is 3.69. The van der Waals surface area contributed by atoms with E-state index >= 15 is 0 Å². The van der Waals surface area contributed by atoms with E-state index in [0.717, 1.165) is 6.54 Å². The Bertz CT molecular complexity index is 199. The van der Waals surface area contributed by atoms with Gasteiger partial charge in [-0.05, 0) is 31.1 Å². The lowest BCUT2D eigenvalue weighted by molar-refractivity contribution is 0.131. The van der Waals surface area contributed by atoms with Gasteiger partial charge in [0.05, 0.1) is 5.84 Å². The van der Waals surface area contributed by atoms with Crippen molar-refractivity contribution in [1.29, 1.82) is 0 Å². The zero-order chi connectivity index (χ0) is 9.15. The molecule has 0 unspecified atom stereocenters. The van der Waals surface area contributed by atoms with Gasteiger partial charge in [0.25, 0.3) is 0 Å². The lowest BCUT2D eigenvalue weighted by atomic mass is 9.67. The van der Waals surface area contributed by atoms with E-state index in [0.29, 0.717) is 5.41 Å². The molecule has 0 aromatic rings. The van der Waals surface area contributed by atoms with Gasteiger partial charge < -0.3 is 5.32 Å². The lowest BCUT2D eigenvalue weighted by Crippen LogP contribution is -2.41. The highest BCUT2D eigenvalue weighted by Gasteiger charge is 2.34. The van der Waals surface area contributed by atoms with Crippen LogP contribution in [-0.4, -0.2) is 18.9 Å². The van der Waals surface area contributed by atoms with E-state index in [1.807, 2.05) is 0 Å². The molecule has 0 saturated heterocycles. The number of amidine groups is 1. The third-order valence-corrected chi connectivity index (χ3v) is 3.71. The highest BCUT2D eigenvalue weighted by atomic mass is 15.0. The average Bonchev–Trinajstić information content (AvgIpc) is 2.56. The molecular formula is C11H20N2. The van der Waals surface area contributed by atoms with Crippen LogP contribution in [0.2, 0.25) is 0 Å². The molecule has 2 aliphatic rings. The molecular weight excluding hydrogens is 160 g/mol. The van der Waals surface area contributed by atoms with Crippen LogP contribution in [-0.2, 0) is 0 Å². The predicted octanol–water partition coefficient (Wildman–Crippen LogP) is 2.35. The van der Waals surface area contributed by atoms with Crippen molar-refractivity contribution < 1.29 is 0 Å². The Morgan fingerprint density at radius 1 is 1.38 bits per heavy atom.